The zero-order valence-corrected chi connectivity index (χ0v) is 12.1. The number of hydrogen-bond acceptors (Lipinski definition) is 6. The lowest BCUT2D eigenvalue weighted by Gasteiger charge is -2.12. The topological polar surface area (TPSA) is 90.4 Å². The highest BCUT2D eigenvalue weighted by molar-refractivity contribution is 5.58. The van der Waals surface area contributed by atoms with Crippen LogP contribution in [-0.4, -0.2) is 16.2 Å². The summed E-state index contributed by atoms with van der Waals surface area (Å²) in [7, 11) is 0. The Bertz CT molecular complexity index is 637. The number of ether oxygens (including phenoxy) is 1. The van der Waals surface area contributed by atoms with Crippen LogP contribution in [0.1, 0.15) is 25.3 Å². The first-order valence-corrected chi connectivity index (χ1v) is 6.57. The lowest BCUT2D eigenvalue weighted by molar-refractivity contribution is -0.386. The summed E-state index contributed by atoms with van der Waals surface area (Å²) in [5, 5.41) is 17.9. The number of nitrogens with one attached hydrogen (secondary N) is 1. The molecular formula is C14H17N3O4. The minimum Gasteiger partial charge on any atom is -0.484 e. The molecule has 0 atom stereocenters. The molecule has 0 amide bonds. The van der Waals surface area contributed by atoms with Gasteiger partial charge in [-0.1, -0.05) is 5.16 Å². The van der Waals surface area contributed by atoms with E-state index < -0.39 is 4.92 Å². The first-order chi connectivity index (χ1) is 9.95. The Balaban J connectivity index is 2.14. The van der Waals surface area contributed by atoms with Crippen LogP contribution in [0.4, 0.5) is 11.4 Å². The largest absolute Gasteiger partial charge is 0.484 e. The molecule has 0 fully saturated rings. The van der Waals surface area contributed by atoms with Crippen molar-refractivity contribution in [3.05, 3.63) is 45.8 Å². The maximum atomic E-state index is 11.0. The molecule has 0 saturated heterocycles. The molecule has 2 aromatic rings. The van der Waals surface area contributed by atoms with Gasteiger partial charge in [0.1, 0.15) is 0 Å². The molecular weight excluding hydrogens is 274 g/mol. The van der Waals surface area contributed by atoms with Gasteiger partial charge in [0, 0.05) is 23.9 Å². The van der Waals surface area contributed by atoms with E-state index in [2.05, 4.69) is 10.5 Å². The average molecular weight is 291 g/mol. The van der Waals surface area contributed by atoms with E-state index in [0.717, 1.165) is 5.69 Å². The van der Waals surface area contributed by atoms with Gasteiger partial charge in [-0.3, -0.25) is 10.1 Å². The molecule has 0 saturated carbocycles. The fraction of sp³-hybridized carbons (Fsp3) is 0.357. The highest BCUT2D eigenvalue weighted by atomic mass is 16.6. The molecule has 0 aliphatic heterocycles. The molecule has 0 bridgehead atoms. The third-order valence-electron chi connectivity index (χ3n) is 2.66. The lowest BCUT2D eigenvalue weighted by Crippen LogP contribution is -2.08. The van der Waals surface area contributed by atoms with Crippen LogP contribution in [0.3, 0.4) is 0 Å². The molecule has 7 heteroatoms. The van der Waals surface area contributed by atoms with E-state index in [-0.39, 0.29) is 17.5 Å². The maximum absolute atomic E-state index is 11.0. The maximum Gasteiger partial charge on any atom is 0.311 e. The summed E-state index contributed by atoms with van der Waals surface area (Å²) >= 11 is 0. The summed E-state index contributed by atoms with van der Waals surface area (Å²) < 4.78 is 10.6. The third kappa shape index (κ3) is 3.95. The van der Waals surface area contributed by atoms with Crippen LogP contribution in [0.25, 0.3) is 0 Å². The lowest BCUT2D eigenvalue weighted by atomic mass is 10.2. The number of aromatic nitrogens is 1. The Morgan fingerprint density at radius 3 is 2.76 bits per heavy atom. The van der Waals surface area contributed by atoms with Crippen molar-refractivity contribution in [1.29, 1.82) is 0 Å². The fourth-order valence-corrected chi connectivity index (χ4v) is 1.81. The van der Waals surface area contributed by atoms with Gasteiger partial charge < -0.3 is 14.6 Å². The zero-order valence-electron chi connectivity index (χ0n) is 12.1. The molecule has 7 nitrogen and oxygen atoms in total. The van der Waals surface area contributed by atoms with E-state index >= 15 is 0 Å². The van der Waals surface area contributed by atoms with Crippen molar-refractivity contribution in [2.24, 2.45) is 0 Å². The zero-order chi connectivity index (χ0) is 15.4. The van der Waals surface area contributed by atoms with E-state index in [1.165, 1.54) is 6.07 Å². The van der Waals surface area contributed by atoms with Crippen LogP contribution in [-0.2, 0) is 6.54 Å². The molecule has 0 aliphatic rings. The minimum absolute atomic E-state index is 0.0511. The van der Waals surface area contributed by atoms with Gasteiger partial charge in [-0.15, -0.1) is 0 Å². The van der Waals surface area contributed by atoms with Gasteiger partial charge in [-0.25, -0.2) is 0 Å². The molecule has 0 aliphatic carbocycles. The highest BCUT2D eigenvalue weighted by Gasteiger charge is 2.16. The van der Waals surface area contributed by atoms with Crippen LogP contribution < -0.4 is 10.1 Å². The average Bonchev–Trinajstić information content (AvgIpc) is 2.81. The number of hydrogen-bond donors (Lipinski definition) is 1. The molecule has 1 N–H and O–H groups in total. The second-order valence-electron chi connectivity index (χ2n) is 4.89. The molecule has 21 heavy (non-hydrogen) atoms. The molecule has 112 valence electrons. The second-order valence-corrected chi connectivity index (χ2v) is 4.89. The smallest absolute Gasteiger partial charge is 0.311 e. The quantitative estimate of drug-likeness (QED) is 0.648. The number of anilines is 1. The minimum atomic E-state index is -0.457. The molecule has 1 aromatic heterocycles. The molecule has 0 spiro atoms. The molecule has 1 aromatic carbocycles. The summed E-state index contributed by atoms with van der Waals surface area (Å²) in [6, 6.07) is 6.49. The third-order valence-corrected chi connectivity index (χ3v) is 2.66. The predicted molar refractivity (Wildman–Crippen MR) is 77.4 cm³/mol. The van der Waals surface area contributed by atoms with Gasteiger partial charge in [-0.2, -0.15) is 0 Å². The van der Waals surface area contributed by atoms with Gasteiger partial charge in [0.2, 0.25) is 0 Å². The van der Waals surface area contributed by atoms with Crippen LogP contribution in [0.5, 0.6) is 5.75 Å². The summed E-state index contributed by atoms with van der Waals surface area (Å²) in [6.07, 6.45) is -0.143. The Hall–Kier alpha value is -2.57. The van der Waals surface area contributed by atoms with E-state index in [1.54, 1.807) is 12.1 Å². The fourth-order valence-electron chi connectivity index (χ4n) is 1.81. The monoisotopic (exact) mass is 291 g/mol. The Morgan fingerprint density at radius 2 is 2.19 bits per heavy atom. The Labute approximate surface area is 122 Å². The first kappa shape index (κ1) is 14.8. The van der Waals surface area contributed by atoms with Crippen molar-refractivity contribution in [2.45, 2.75) is 33.4 Å². The second kappa shape index (κ2) is 6.25. The molecule has 0 radical (unpaired) electrons. The van der Waals surface area contributed by atoms with E-state index in [1.807, 2.05) is 26.8 Å². The summed E-state index contributed by atoms with van der Waals surface area (Å²) in [5.74, 6) is 0.936. The van der Waals surface area contributed by atoms with Gasteiger partial charge in [0.25, 0.3) is 0 Å². The molecule has 2 rings (SSSR count). The van der Waals surface area contributed by atoms with Crippen LogP contribution in [0, 0.1) is 17.0 Å². The first-order valence-electron chi connectivity index (χ1n) is 6.57. The molecule has 0 unspecified atom stereocenters. The van der Waals surface area contributed by atoms with Crippen molar-refractivity contribution in [3.63, 3.8) is 0 Å². The number of benzene rings is 1. The van der Waals surface area contributed by atoms with Crippen LogP contribution >= 0.6 is 0 Å². The predicted octanol–water partition coefficient (Wildman–Crippen LogP) is 3.29. The van der Waals surface area contributed by atoms with Gasteiger partial charge in [0.05, 0.1) is 23.3 Å². The van der Waals surface area contributed by atoms with Gasteiger partial charge in [-0.05, 0) is 26.8 Å². The summed E-state index contributed by atoms with van der Waals surface area (Å²) in [4.78, 5) is 10.5. The number of aryl methyl sites for hydroxylation is 1. The summed E-state index contributed by atoms with van der Waals surface area (Å²) in [6.45, 7) is 5.93. The van der Waals surface area contributed by atoms with Crippen molar-refractivity contribution >= 4 is 11.4 Å². The SMILES string of the molecule is Cc1cc(CNc2ccc([N+](=O)[O-])c(OC(C)C)c2)on1. The normalized spacial score (nSPS) is 10.7. The summed E-state index contributed by atoms with van der Waals surface area (Å²) in [5.41, 5.74) is 1.47. The Kier molecular flexibility index (Phi) is 4.42. The Morgan fingerprint density at radius 1 is 1.43 bits per heavy atom. The van der Waals surface area contributed by atoms with Crippen molar-refractivity contribution in [3.8, 4) is 5.75 Å². The number of nitro benzene ring substituents is 1. The van der Waals surface area contributed by atoms with E-state index in [4.69, 9.17) is 9.26 Å². The van der Waals surface area contributed by atoms with E-state index in [9.17, 15) is 10.1 Å². The van der Waals surface area contributed by atoms with Gasteiger partial charge in [0.15, 0.2) is 11.5 Å². The number of nitrogens with zero attached hydrogens (tertiary/aromatic N) is 2. The molecule has 1 heterocycles. The van der Waals surface area contributed by atoms with Crippen LogP contribution in [0.2, 0.25) is 0 Å². The van der Waals surface area contributed by atoms with Crippen molar-refractivity contribution in [2.75, 3.05) is 5.32 Å². The highest BCUT2D eigenvalue weighted by Crippen LogP contribution is 2.31. The van der Waals surface area contributed by atoms with Crippen molar-refractivity contribution in [1.82, 2.24) is 5.16 Å². The number of nitro groups is 1. The van der Waals surface area contributed by atoms with E-state index in [0.29, 0.717) is 18.0 Å². The van der Waals surface area contributed by atoms with Crippen LogP contribution in [0.15, 0.2) is 28.8 Å². The standard InChI is InChI=1S/C14H17N3O4/c1-9(2)20-14-7-11(4-5-13(14)17(18)19)15-8-12-6-10(3)16-21-12/h4-7,9,15H,8H2,1-3H3. The van der Waals surface area contributed by atoms with Gasteiger partial charge >= 0.3 is 5.69 Å². The van der Waals surface area contributed by atoms with Crippen molar-refractivity contribution < 1.29 is 14.2 Å². The number of rotatable bonds is 6.